The Labute approximate surface area is 123 Å². The number of rotatable bonds is 4. The fourth-order valence-electron chi connectivity index (χ4n) is 3.45. The summed E-state index contributed by atoms with van der Waals surface area (Å²) in [6, 6.07) is 0.226. The molecule has 2 aliphatic rings. The van der Waals surface area contributed by atoms with Gasteiger partial charge in [0, 0.05) is 25.2 Å². The van der Waals surface area contributed by atoms with Crippen LogP contribution in [0.1, 0.15) is 38.5 Å². The number of nitrogens with two attached hydrogens (primary N) is 1. The summed E-state index contributed by atoms with van der Waals surface area (Å²) >= 11 is 0. The Morgan fingerprint density at radius 3 is 2.38 bits per heavy atom. The molecule has 2 atom stereocenters. The van der Waals surface area contributed by atoms with Crippen LogP contribution in [0.4, 0.5) is 13.2 Å². The average Bonchev–Trinajstić information content (AvgIpc) is 2.40. The monoisotopic (exact) mass is 307 g/mol. The molecule has 1 saturated heterocycles. The molecule has 7 heteroatoms. The summed E-state index contributed by atoms with van der Waals surface area (Å²) in [5.74, 6) is -1.49. The van der Waals surface area contributed by atoms with Crippen LogP contribution in [0.2, 0.25) is 0 Å². The number of carbonyl (C=O) groups excluding carboxylic acids is 1. The Hall–Kier alpha value is -0.820. The molecule has 0 aromatic rings. The summed E-state index contributed by atoms with van der Waals surface area (Å²) in [7, 11) is 0. The third-order valence-electron chi connectivity index (χ3n) is 4.58. The maximum absolute atomic E-state index is 12.8. The smallest absolute Gasteiger partial charge is 0.369 e. The van der Waals surface area contributed by atoms with E-state index in [-0.39, 0.29) is 37.4 Å². The molecule has 2 unspecified atom stereocenters. The molecule has 3 N–H and O–H groups in total. The Kier molecular flexibility index (Phi) is 5.48. The van der Waals surface area contributed by atoms with Crippen molar-refractivity contribution in [2.24, 2.45) is 11.7 Å². The molecule has 0 spiro atoms. The fourth-order valence-corrected chi connectivity index (χ4v) is 3.45. The molecule has 2 fully saturated rings. The van der Waals surface area contributed by atoms with E-state index in [0.29, 0.717) is 6.42 Å². The van der Waals surface area contributed by atoms with Crippen molar-refractivity contribution >= 4 is 5.91 Å². The standard InChI is InChI=1S/C14H24F3N3O/c15-14(16,17)10-2-1-3-12(8-10)19-11-4-6-20(7-5-11)9-13(18)21/h10-12,19H,1-9H2,(H2,18,21). The summed E-state index contributed by atoms with van der Waals surface area (Å²) in [4.78, 5) is 12.9. The van der Waals surface area contributed by atoms with Gasteiger partial charge in [0.1, 0.15) is 0 Å². The Morgan fingerprint density at radius 1 is 1.14 bits per heavy atom. The van der Waals surface area contributed by atoms with Gasteiger partial charge in [-0.15, -0.1) is 0 Å². The average molecular weight is 307 g/mol. The molecule has 21 heavy (non-hydrogen) atoms. The lowest BCUT2D eigenvalue weighted by molar-refractivity contribution is -0.184. The number of nitrogens with zero attached hydrogens (tertiary/aromatic N) is 1. The molecular formula is C14H24F3N3O. The number of amides is 1. The number of halogens is 3. The highest BCUT2D eigenvalue weighted by molar-refractivity contribution is 5.75. The number of piperidine rings is 1. The zero-order valence-corrected chi connectivity index (χ0v) is 12.2. The van der Waals surface area contributed by atoms with Gasteiger partial charge in [0.15, 0.2) is 0 Å². The number of primary amides is 1. The van der Waals surface area contributed by atoms with Crippen molar-refractivity contribution in [3.05, 3.63) is 0 Å². The van der Waals surface area contributed by atoms with E-state index >= 15 is 0 Å². The van der Waals surface area contributed by atoms with Gasteiger partial charge in [-0.3, -0.25) is 9.69 Å². The molecule has 0 radical (unpaired) electrons. The molecule has 0 aromatic carbocycles. The summed E-state index contributed by atoms with van der Waals surface area (Å²) in [5.41, 5.74) is 5.16. The van der Waals surface area contributed by atoms with Gasteiger partial charge in [0.25, 0.3) is 0 Å². The van der Waals surface area contributed by atoms with Gasteiger partial charge in [-0.1, -0.05) is 6.42 Å². The van der Waals surface area contributed by atoms with Crippen LogP contribution in [0.3, 0.4) is 0 Å². The minimum atomic E-state index is -4.06. The lowest BCUT2D eigenvalue weighted by atomic mass is 9.84. The van der Waals surface area contributed by atoms with Crippen LogP contribution in [0.5, 0.6) is 0 Å². The molecule has 0 aromatic heterocycles. The van der Waals surface area contributed by atoms with Gasteiger partial charge in [0.05, 0.1) is 12.5 Å². The quantitative estimate of drug-likeness (QED) is 0.830. The van der Waals surface area contributed by atoms with E-state index in [1.807, 2.05) is 4.90 Å². The van der Waals surface area contributed by atoms with Crippen molar-refractivity contribution in [1.29, 1.82) is 0 Å². The second-order valence-electron chi connectivity index (χ2n) is 6.29. The number of carbonyl (C=O) groups is 1. The Bertz CT molecular complexity index is 354. The van der Waals surface area contributed by atoms with Gasteiger partial charge in [-0.25, -0.2) is 0 Å². The second kappa shape index (κ2) is 6.96. The van der Waals surface area contributed by atoms with Crippen molar-refractivity contribution in [2.45, 2.75) is 56.8 Å². The maximum atomic E-state index is 12.8. The van der Waals surface area contributed by atoms with Gasteiger partial charge < -0.3 is 11.1 Å². The van der Waals surface area contributed by atoms with Crippen molar-refractivity contribution in [3.8, 4) is 0 Å². The van der Waals surface area contributed by atoms with Gasteiger partial charge in [0.2, 0.25) is 5.91 Å². The predicted molar refractivity (Wildman–Crippen MR) is 73.6 cm³/mol. The van der Waals surface area contributed by atoms with Crippen LogP contribution in [-0.2, 0) is 4.79 Å². The fraction of sp³-hybridized carbons (Fsp3) is 0.929. The minimum Gasteiger partial charge on any atom is -0.369 e. The molecule has 0 bridgehead atoms. The first-order valence-corrected chi connectivity index (χ1v) is 7.68. The molecule has 1 aliphatic carbocycles. The van der Waals surface area contributed by atoms with E-state index in [9.17, 15) is 18.0 Å². The van der Waals surface area contributed by atoms with E-state index in [0.717, 1.165) is 32.4 Å². The highest BCUT2D eigenvalue weighted by Gasteiger charge is 2.42. The zero-order chi connectivity index (χ0) is 15.5. The van der Waals surface area contributed by atoms with E-state index in [4.69, 9.17) is 5.73 Å². The molecular weight excluding hydrogens is 283 g/mol. The van der Waals surface area contributed by atoms with Gasteiger partial charge in [-0.05, 0) is 32.1 Å². The minimum absolute atomic E-state index is 0.0296. The summed E-state index contributed by atoms with van der Waals surface area (Å²) < 4.78 is 38.4. The Morgan fingerprint density at radius 2 is 1.81 bits per heavy atom. The van der Waals surface area contributed by atoms with E-state index in [1.165, 1.54) is 0 Å². The largest absolute Gasteiger partial charge is 0.391 e. The first-order valence-electron chi connectivity index (χ1n) is 7.68. The lowest BCUT2D eigenvalue weighted by Crippen LogP contribution is -2.49. The molecule has 1 heterocycles. The molecule has 1 saturated carbocycles. The van der Waals surface area contributed by atoms with Crippen LogP contribution in [0.25, 0.3) is 0 Å². The van der Waals surface area contributed by atoms with Crippen LogP contribution >= 0.6 is 0 Å². The van der Waals surface area contributed by atoms with Crippen LogP contribution in [0, 0.1) is 5.92 Å². The summed E-state index contributed by atoms with van der Waals surface area (Å²) in [5, 5.41) is 3.39. The maximum Gasteiger partial charge on any atom is 0.391 e. The molecule has 2 rings (SSSR count). The van der Waals surface area contributed by atoms with Gasteiger partial charge in [-0.2, -0.15) is 13.2 Å². The van der Waals surface area contributed by atoms with E-state index in [1.54, 1.807) is 0 Å². The summed E-state index contributed by atoms with van der Waals surface area (Å²) in [6.45, 7) is 1.82. The zero-order valence-electron chi connectivity index (χ0n) is 12.2. The SMILES string of the molecule is NC(=O)CN1CCC(NC2CCCC(C(F)(F)F)C2)CC1. The normalized spacial score (nSPS) is 29.5. The molecule has 1 amide bonds. The topological polar surface area (TPSA) is 58.4 Å². The van der Waals surface area contributed by atoms with Crippen LogP contribution < -0.4 is 11.1 Å². The van der Waals surface area contributed by atoms with Crippen LogP contribution in [0.15, 0.2) is 0 Å². The number of hydrogen-bond acceptors (Lipinski definition) is 3. The molecule has 4 nitrogen and oxygen atoms in total. The van der Waals surface area contributed by atoms with Crippen molar-refractivity contribution in [2.75, 3.05) is 19.6 Å². The first-order chi connectivity index (χ1) is 9.84. The summed E-state index contributed by atoms with van der Waals surface area (Å²) in [6.07, 6.45) is -0.410. The second-order valence-corrected chi connectivity index (χ2v) is 6.29. The molecule has 122 valence electrons. The van der Waals surface area contributed by atoms with E-state index < -0.39 is 12.1 Å². The predicted octanol–water partition coefficient (Wildman–Crippen LogP) is 1.65. The molecule has 1 aliphatic heterocycles. The van der Waals surface area contributed by atoms with E-state index in [2.05, 4.69) is 5.32 Å². The number of alkyl halides is 3. The van der Waals surface area contributed by atoms with Crippen molar-refractivity contribution in [3.63, 3.8) is 0 Å². The lowest BCUT2D eigenvalue weighted by Gasteiger charge is -2.37. The third-order valence-corrected chi connectivity index (χ3v) is 4.58. The number of nitrogens with one attached hydrogen (secondary N) is 1. The van der Waals surface area contributed by atoms with Crippen LogP contribution in [-0.4, -0.2) is 48.7 Å². The third kappa shape index (κ3) is 5.14. The highest BCUT2D eigenvalue weighted by Crippen LogP contribution is 2.37. The first kappa shape index (κ1) is 16.5. The van der Waals surface area contributed by atoms with Crippen molar-refractivity contribution in [1.82, 2.24) is 10.2 Å². The number of hydrogen-bond donors (Lipinski definition) is 2. The number of likely N-dealkylation sites (tertiary alicyclic amines) is 1. The Balaban J connectivity index is 1.74. The van der Waals surface area contributed by atoms with Gasteiger partial charge >= 0.3 is 6.18 Å². The highest BCUT2D eigenvalue weighted by atomic mass is 19.4. The van der Waals surface area contributed by atoms with Crippen molar-refractivity contribution < 1.29 is 18.0 Å².